The van der Waals surface area contributed by atoms with Crippen LogP contribution >= 0.6 is 12.4 Å². The van der Waals surface area contributed by atoms with Crippen molar-refractivity contribution in [1.82, 2.24) is 15.5 Å². The van der Waals surface area contributed by atoms with Crippen LogP contribution in [0.15, 0.2) is 30.3 Å². The third-order valence-corrected chi connectivity index (χ3v) is 4.06. The van der Waals surface area contributed by atoms with Crippen LogP contribution < -0.4 is 10.6 Å². The molecule has 5 heteroatoms. The third kappa shape index (κ3) is 4.70. The summed E-state index contributed by atoms with van der Waals surface area (Å²) in [6, 6.07) is 10.7. The summed E-state index contributed by atoms with van der Waals surface area (Å²) in [6.07, 6.45) is 0. The van der Waals surface area contributed by atoms with Crippen LogP contribution in [0.3, 0.4) is 0 Å². The Balaban J connectivity index is 0.00000220. The Labute approximate surface area is 133 Å². The smallest absolute Gasteiger partial charge is 0.225 e. The van der Waals surface area contributed by atoms with E-state index in [1.54, 1.807) is 0 Å². The average molecular weight is 312 g/mol. The summed E-state index contributed by atoms with van der Waals surface area (Å²) >= 11 is 0. The Morgan fingerprint density at radius 1 is 1.29 bits per heavy atom. The highest BCUT2D eigenvalue weighted by molar-refractivity contribution is 5.85. The SMILES string of the molecule is CCN(CC)C(CNC(=O)C1CNC1)c1ccccc1.Cl. The lowest BCUT2D eigenvalue weighted by Crippen LogP contribution is -2.52. The molecule has 1 aromatic carbocycles. The number of carbonyl (C=O) groups is 1. The minimum absolute atomic E-state index is 0. The van der Waals surface area contributed by atoms with Gasteiger partial charge in [0.05, 0.1) is 12.0 Å². The monoisotopic (exact) mass is 311 g/mol. The number of amides is 1. The van der Waals surface area contributed by atoms with Crippen molar-refractivity contribution < 1.29 is 4.79 Å². The van der Waals surface area contributed by atoms with E-state index in [1.807, 2.05) is 6.07 Å². The van der Waals surface area contributed by atoms with Crippen LogP contribution in [0.25, 0.3) is 0 Å². The summed E-state index contributed by atoms with van der Waals surface area (Å²) in [6.45, 7) is 8.60. The number of nitrogens with one attached hydrogen (secondary N) is 2. The molecule has 1 aromatic rings. The van der Waals surface area contributed by atoms with Crippen LogP contribution in [-0.2, 0) is 4.79 Å². The number of rotatable bonds is 7. The van der Waals surface area contributed by atoms with Crippen LogP contribution in [-0.4, -0.2) is 43.5 Å². The average Bonchev–Trinajstić information content (AvgIpc) is 2.42. The van der Waals surface area contributed by atoms with Gasteiger partial charge in [-0.2, -0.15) is 0 Å². The van der Waals surface area contributed by atoms with Gasteiger partial charge in [-0.05, 0) is 18.7 Å². The van der Waals surface area contributed by atoms with E-state index in [0.29, 0.717) is 6.54 Å². The lowest BCUT2D eigenvalue weighted by molar-refractivity contribution is -0.126. The van der Waals surface area contributed by atoms with E-state index >= 15 is 0 Å². The van der Waals surface area contributed by atoms with Crippen LogP contribution in [0, 0.1) is 5.92 Å². The first-order valence-electron chi connectivity index (χ1n) is 7.53. The van der Waals surface area contributed by atoms with E-state index in [-0.39, 0.29) is 30.3 Å². The van der Waals surface area contributed by atoms with Gasteiger partial charge in [0, 0.05) is 19.6 Å². The number of hydrogen-bond acceptors (Lipinski definition) is 3. The molecule has 1 aliphatic heterocycles. The largest absolute Gasteiger partial charge is 0.354 e. The molecule has 1 amide bonds. The summed E-state index contributed by atoms with van der Waals surface area (Å²) in [5.41, 5.74) is 1.27. The minimum atomic E-state index is 0. The molecule has 1 aliphatic rings. The molecule has 21 heavy (non-hydrogen) atoms. The van der Waals surface area contributed by atoms with Gasteiger partial charge in [-0.25, -0.2) is 0 Å². The van der Waals surface area contributed by atoms with Crippen molar-refractivity contribution in [3.8, 4) is 0 Å². The number of likely N-dealkylation sites (N-methyl/N-ethyl adjacent to an activating group) is 1. The van der Waals surface area contributed by atoms with E-state index in [4.69, 9.17) is 0 Å². The molecule has 118 valence electrons. The third-order valence-electron chi connectivity index (χ3n) is 4.06. The molecule has 1 unspecified atom stereocenters. The summed E-state index contributed by atoms with van der Waals surface area (Å²) in [4.78, 5) is 14.4. The Kier molecular flexibility index (Phi) is 7.72. The molecular weight excluding hydrogens is 286 g/mol. The van der Waals surface area contributed by atoms with Gasteiger partial charge in [-0.3, -0.25) is 9.69 Å². The van der Waals surface area contributed by atoms with Gasteiger partial charge in [0.25, 0.3) is 0 Å². The van der Waals surface area contributed by atoms with Crippen molar-refractivity contribution in [3.63, 3.8) is 0 Å². The summed E-state index contributed by atoms with van der Waals surface area (Å²) in [5, 5.41) is 6.25. The molecule has 1 atom stereocenters. The van der Waals surface area contributed by atoms with E-state index in [0.717, 1.165) is 26.2 Å². The zero-order valence-electron chi connectivity index (χ0n) is 12.8. The van der Waals surface area contributed by atoms with Crippen molar-refractivity contribution in [1.29, 1.82) is 0 Å². The summed E-state index contributed by atoms with van der Waals surface area (Å²) in [5.74, 6) is 0.333. The maximum atomic E-state index is 12.0. The fourth-order valence-corrected chi connectivity index (χ4v) is 2.61. The number of halogens is 1. The fourth-order valence-electron chi connectivity index (χ4n) is 2.61. The van der Waals surface area contributed by atoms with Gasteiger partial charge >= 0.3 is 0 Å². The van der Waals surface area contributed by atoms with Crippen LogP contribution in [0.2, 0.25) is 0 Å². The van der Waals surface area contributed by atoms with Gasteiger partial charge in [0.15, 0.2) is 0 Å². The highest BCUT2D eigenvalue weighted by Crippen LogP contribution is 2.19. The van der Waals surface area contributed by atoms with Crippen molar-refractivity contribution in [2.24, 2.45) is 5.92 Å². The maximum Gasteiger partial charge on any atom is 0.225 e. The predicted octanol–water partition coefficient (Wildman–Crippen LogP) is 1.83. The molecule has 0 aromatic heterocycles. The number of carbonyl (C=O) groups excluding carboxylic acids is 1. The van der Waals surface area contributed by atoms with E-state index < -0.39 is 0 Å². The molecule has 1 fully saturated rings. The van der Waals surface area contributed by atoms with E-state index in [9.17, 15) is 4.79 Å². The highest BCUT2D eigenvalue weighted by Gasteiger charge is 2.26. The standard InChI is InChI=1S/C16H25N3O.ClH/c1-3-19(4-2)15(13-8-6-5-7-9-13)12-18-16(20)14-10-17-11-14;/h5-9,14-15,17H,3-4,10-12H2,1-2H3,(H,18,20);1H. The molecular formula is C16H26ClN3O. The summed E-state index contributed by atoms with van der Waals surface area (Å²) in [7, 11) is 0. The quantitative estimate of drug-likeness (QED) is 0.807. The van der Waals surface area contributed by atoms with Crippen molar-refractivity contribution >= 4 is 18.3 Å². The van der Waals surface area contributed by atoms with Crippen molar-refractivity contribution in [2.45, 2.75) is 19.9 Å². The first-order chi connectivity index (χ1) is 9.76. The lowest BCUT2D eigenvalue weighted by atomic mass is 10.0. The second-order valence-electron chi connectivity index (χ2n) is 5.25. The zero-order valence-corrected chi connectivity index (χ0v) is 13.7. The van der Waals surface area contributed by atoms with Crippen LogP contribution in [0.1, 0.15) is 25.5 Å². The minimum Gasteiger partial charge on any atom is -0.354 e. The number of benzene rings is 1. The van der Waals surface area contributed by atoms with Gasteiger partial charge in [-0.1, -0.05) is 44.2 Å². The second-order valence-corrected chi connectivity index (χ2v) is 5.25. The van der Waals surface area contributed by atoms with E-state index in [1.165, 1.54) is 5.56 Å². The lowest BCUT2D eigenvalue weighted by Gasteiger charge is -2.32. The molecule has 2 N–H and O–H groups in total. The predicted molar refractivity (Wildman–Crippen MR) is 88.7 cm³/mol. The number of nitrogens with zero attached hydrogens (tertiary/aromatic N) is 1. The first kappa shape index (κ1) is 18.0. The van der Waals surface area contributed by atoms with Gasteiger partial charge in [0.1, 0.15) is 0 Å². The molecule has 4 nitrogen and oxygen atoms in total. The molecule has 1 heterocycles. The van der Waals surface area contributed by atoms with Crippen LogP contribution in [0.5, 0.6) is 0 Å². The molecule has 0 radical (unpaired) electrons. The van der Waals surface area contributed by atoms with Crippen molar-refractivity contribution in [3.05, 3.63) is 35.9 Å². The number of hydrogen-bond donors (Lipinski definition) is 2. The topological polar surface area (TPSA) is 44.4 Å². The molecule has 2 rings (SSSR count). The molecule has 0 saturated carbocycles. The highest BCUT2D eigenvalue weighted by atomic mass is 35.5. The molecule has 1 saturated heterocycles. The van der Waals surface area contributed by atoms with E-state index in [2.05, 4.69) is 53.6 Å². The fraction of sp³-hybridized carbons (Fsp3) is 0.562. The Morgan fingerprint density at radius 3 is 2.38 bits per heavy atom. The normalized spacial score (nSPS) is 16.0. The van der Waals surface area contributed by atoms with Gasteiger partial charge in [0.2, 0.25) is 5.91 Å². The maximum absolute atomic E-state index is 12.0. The second kappa shape index (κ2) is 9.03. The zero-order chi connectivity index (χ0) is 14.4. The van der Waals surface area contributed by atoms with Crippen LogP contribution in [0.4, 0.5) is 0 Å². The van der Waals surface area contributed by atoms with Crippen molar-refractivity contribution in [2.75, 3.05) is 32.7 Å². The van der Waals surface area contributed by atoms with Gasteiger partial charge < -0.3 is 10.6 Å². The molecule has 0 spiro atoms. The summed E-state index contributed by atoms with van der Waals surface area (Å²) < 4.78 is 0. The Bertz CT molecular complexity index is 419. The Hall–Kier alpha value is -1.10. The Morgan fingerprint density at radius 2 is 1.90 bits per heavy atom. The first-order valence-corrected chi connectivity index (χ1v) is 7.53. The van der Waals surface area contributed by atoms with Gasteiger partial charge in [-0.15, -0.1) is 12.4 Å². The molecule has 0 aliphatic carbocycles. The molecule has 0 bridgehead atoms.